The molecular weight excluding hydrogens is 400 g/mol. The minimum Gasteiger partial charge on any atom is -0.456 e. The molecule has 0 unspecified atom stereocenters. The number of para-hydroxylation sites is 1. The van der Waals surface area contributed by atoms with Crippen molar-refractivity contribution in [1.82, 2.24) is 0 Å². The normalized spacial score (nSPS) is 11.9. The molecule has 0 saturated carbocycles. The van der Waals surface area contributed by atoms with Gasteiger partial charge in [0.2, 0.25) is 0 Å². The summed E-state index contributed by atoms with van der Waals surface area (Å²) in [6.07, 6.45) is 0. The Morgan fingerprint density at radius 3 is 1.79 bits per heavy atom. The highest BCUT2D eigenvalue weighted by Gasteiger charge is 2.22. The molecular formula is C32H20O. The SMILES string of the molecule is c1ccc2c(c1)Oc1ccc(-c3ccccc3-c3cccc4ccccc34)c3cccc-2c13. The van der Waals surface area contributed by atoms with Crippen LogP contribution in [0.5, 0.6) is 11.5 Å². The molecule has 0 atom stereocenters. The van der Waals surface area contributed by atoms with Gasteiger partial charge in [0.15, 0.2) is 0 Å². The molecule has 0 spiro atoms. The van der Waals surface area contributed by atoms with Gasteiger partial charge in [-0.25, -0.2) is 0 Å². The first-order valence-electron chi connectivity index (χ1n) is 11.3. The van der Waals surface area contributed by atoms with Crippen LogP contribution in [0.4, 0.5) is 0 Å². The number of hydrogen-bond acceptors (Lipinski definition) is 1. The first kappa shape index (κ1) is 18.2. The van der Waals surface area contributed by atoms with Crippen molar-refractivity contribution in [1.29, 1.82) is 0 Å². The fraction of sp³-hybridized carbons (Fsp3) is 0. The van der Waals surface area contributed by atoms with Crippen LogP contribution in [0.15, 0.2) is 121 Å². The summed E-state index contributed by atoms with van der Waals surface area (Å²) in [5.41, 5.74) is 7.33. The second kappa shape index (κ2) is 7.08. The van der Waals surface area contributed by atoms with Gasteiger partial charge in [-0.3, -0.25) is 0 Å². The van der Waals surface area contributed by atoms with Gasteiger partial charge >= 0.3 is 0 Å². The molecule has 1 heterocycles. The molecule has 0 amide bonds. The van der Waals surface area contributed by atoms with Crippen LogP contribution in [-0.4, -0.2) is 0 Å². The van der Waals surface area contributed by atoms with Crippen LogP contribution >= 0.6 is 0 Å². The average molecular weight is 421 g/mol. The molecule has 33 heavy (non-hydrogen) atoms. The smallest absolute Gasteiger partial charge is 0.135 e. The maximum absolute atomic E-state index is 6.31. The Bertz CT molecular complexity index is 1690. The van der Waals surface area contributed by atoms with Crippen LogP contribution in [-0.2, 0) is 0 Å². The zero-order chi connectivity index (χ0) is 21.8. The lowest BCUT2D eigenvalue weighted by atomic mass is 9.87. The Balaban J connectivity index is 1.52. The molecule has 0 aliphatic carbocycles. The van der Waals surface area contributed by atoms with E-state index in [1.807, 2.05) is 12.1 Å². The molecule has 1 aliphatic rings. The maximum atomic E-state index is 6.31. The van der Waals surface area contributed by atoms with Crippen LogP contribution in [0, 0.1) is 0 Å². The van der Waals surface area contributed by atoms with Gasteiger partial charge in [0, 0.05) is 10.9 Å². The van der Waals surface area contributed by atoms with E-state index in [4.69, 9.17) is 4.74 Å². The maximum Gasteiger partial charge on any atom is 0.135 e. The Kier molecular flexibility index (Phi) is 3.91. The summed E-state index contributed by atoms with van der Waals surface area (Å²) in [6.45, 7) is 0. The third kappa shape index (κ3) is 2.73. The average Bonchev–Trinajstić information content (AvgIpc) is 2.89. The molecule has 0 bridgehead atoms. The van der Waals surface area contributed by atoms with E-state index in [9.17, 15) is 0 Å². The first-order valence-corrected chi connectivity index (χ1v) is 11.3. The Hall–Kier alpha value is -4.36. The fourth-order valence-corrected chi connectivity index (χ4v) is 5.23. The lowest BCUT2D eigenvalue weighted by Crippen LogP contribution is -1.98. The second-order valence-electron chi connectivity index (χ2n) is 8.51. The van der Waals surface area contributed by atoms with Gasteiger partial charge in [-0.1, -0.05) is 109 Å². The summed E-state index contributed by atoms with van der Waals surface area (Å²) >= 11 is 0. The molecule has 0 N–H and O–H groups in total. The molecule has 1 heteroatoms. The van der Waals surface area contributed by atoms with Gasteiger partial charge in [-0.15, -0.1) is 0 Å². The van der Waals surface area contributed by atoms with Gasteiger partial charge in [-0.2, -0.15) is 0 Å². The molecule has 0 saturated heterocycles. The van der Waals surface area contributed by atoms with Crippen LogP contribution in [0.2, 0.25) is 0 Å². The highest BCUT2D eigenvalue weighted by molar-refractivity contribution is 6.12. The third-order valence-electron chi connectivity index (χ3n) is 6.70. The molecule has 6 aromatic rings. The van der Waals surface area contributed by atoms with E-state index in [1.54, 1.807) is 0 Å². The van der Waals surface area contributed by atoms with E-state index in [2.05, 4.69) is 109 Å². The second-order valence-corrected chi connectivity index (χ2v) is 8.51. The molecule has 1 aliphatic heterocycles. The van der Waals surface area contributed by atoms with Gasteiger partial charge in [0.05, 0.1) is 0 Å². The van der Waals surface area contributed by atoms with Crippen molar-refractivity contribution in [3.8, 4) is 44.9 Å². The molecule has 0 fully saturated rings. The Morgan fingerprint density at radius 2 is 0.909 bits per heavy atom. The molecule has 6 aromatic carbocycles. The lowest BCUT2D eigenvalue weighted by molar-refractivity contribution is 0.487. The van der Waals surface area contributed by atoms with E-state index in [-0.39, 0.29) is 0 Å². The monoisotopic (exact) mass is 420 g/mol. The topological polar surface area (TPSA) is 9.23 Å². The first-order chi connectivity index (χ1) is 16.4. The van der Waals surface area contributed by atoms with E-state index >= 15 is 0 Å². The molecule has 154 valence electrons. The Morgan fingerprint density at radius 1 is 0.333 bits per heavy atom. The Labute approximate surface area is 192 Å². The van der Waals surface area contributed by atoms with Crippen molar-refractivity contribution >= 4 is 21.5 Å². The number of rotatable bonds is 2. The molecule has 7 rings (SSSR count). The van der Waals surface area contributed by atoms with Gasteiger partial charge in [0.25, 0.3) is 0 Å². The summed E-state index contributed by atoms with van der Waals surface area (Å²) in [5, 5.41) is 4.92. The molecule has 0 radical (unpaired) electrons. The standard InChI is InChI=1S/C32H20O/c1-2-11-22-21(9-1)10-7-15-23(22)24-12-3-4-13-25(24)26-19-20-31-32-28(26)16-8-17-29(32)27-14-5-6-18-30(27)33-31/h1-20H. The van der Waals surface area contributed by atoms with Crippen LogP contribution in [0.3, 0.4) is 0 Å². The minimum atomic E-state index is 0.918. The zero-order valence-corrected chi connectivity index (χ0v) is 18.0. The van der Waals surface area contributed by atoms with Crippen LogP contribution in [0.1, 0.15) is 0 Å². The van der Waals surface area contributed by atoms with Crippen LogP contribution < -0.4 is 4.74 Å². The van der Waals surface area contributed by atoms with E-state index in [1.165, 1.54) is 49.4 Å². The minimum absolute atomic E-state index is 0.918. The van der Waals surface area contributed by atoms with Crippen molar-refractivity contribution in [3.63, 3.8) is 0 Å². The third-order valence-corrected chi connectivity index (χ3v) is 6.70. The van der Waals surface area contributed by atoms with Crippen molar-refractivity contribution in [2.75, 3.05) is 0 Å². The predicted molar refractivity (Wildman–Crippen MR) is 138 cm³/mol. The summed E-state index contributed by atoms with van der Waals surface area (Å²) in [6, 6.07) is 43.1. The van der Waals surface area contributed by atoms with E-state index in [0.717, 1.165) is 17.1 Å². The number of benzene rings is 6. The fourth-order valence-electron chi connectivity index (χ4n) is 5.23. The van der Waals surface area contributed by atoms with Gasteiger partial charge in [-0.05, 0) is 56.1 Å². The zero-order valence-electron chi connectivity index (χ0n) is 18.0. The lowest BCUT2D eigenvalue weighted by Gasteiger charge is -2.23. The van der Waals surface area contributed by atoms with Crippen LogP contribution in [0.25, 0.3) is 54.9 Å². The van der Waals surface area contributed by atoms with E-state index in [0.29, 0.717) is 0 Å². The summed E-state index contributed by atoms with van der Waals surface area (Å²) in [4.78, 5) is 0. The van der Waals surface area contributed by atoms with Gasteiger partial charge in [0.1, 0.15) is 11.5 Å². The van der Waals surface area contributed by atoms with E-state index < -0.39 is 0 Å². The van der Waals surface area contributed by atoms with Gasteiger partial charge < -0.3 is 4.74 Å². The quantitative estimate of drug-likeness (QED) is 0.271. The number of hydrogen-bond donors (Lipinski definition) is 0. The highest BCUT2D eigenvalue weighted by atomic mass is 16.5. The summed E-state index contributed by atoms with van der Waals surface area (Å²) < 4.78 is 6.31. The van der Waals surface area contributed by atoms with Crippen molar-refractivity contribution in [3.05, 3.63) is 121 Å². The number of ether oxygens (including phenoxy) is 1. The summed E-state index contributed by atoms with van der Waals surface area (Å²) in [5.74, 6) is 1.84. The predicted octanol–water partition coefficient (Wildman–Crippen LogP) is 9.10. The molecule has 0 aromatic heterocycles. The number of fused-ring (bicyclic) bond motifs is 3. The summed E-state index contributed by atoms with van der Waals surface area (Å²) in [7, 11) is 0. The van der Waals surface area contributed by atoms with Crippen molar-refractivity contribution < 1.29 is 4.74 Å². The largest absolute Gasteiger partial charge is 0.456 e. The molecule has 1 nitrogen and oxygen atoms in total. The van der Waals surface area contributed by atoms with Crippen molar-refractivity contribution in [2.24, 2.45) is 0 Å². The van der Waals surface area contributed by atoms with Crippen molar-refractivity contribution in [2.45, 2.75) is 0 Å². The highest BCUT2D eigenvalue weighted by Crippen LogP contribution is 2.49.